The quantitative estimate of drug-likeness (QED) is 0.497. The molecule has 0 saturated carbocycles. The zero-order chi connectivity index (χ0) is 12.1. The van der Waals surface area contributed by atoms with E-state index in [9.17, 15) is 4.39 Å². The van der Waals surface area contributed by atoms with Crippen molar-refractivity contribution in [3.8, 4) is 5.75 Å². The summed E-state index contributed by atoms with van der Waals surface area (Å²) in [6, 6.07) is 5.70. The molecule has 0 unspecified atom stereocenters. The molecular formula is C13H16FNO2. The molecule has 0 heterocycles. The second-order valence-electron chi connectivity index (χ2n) is 4.07. The van der Waals surface area contributed by atoms with Crippen LogP contribution in [0.2, 0.25) is 0 Å². The number of benzene rings is 1. The summed E-state index contributed by atoms with van der Waals surface area (Å²) in [7, 11) is 0. The Hall–Kier alpha value is -1.58. The third kappa shape index (κ3) is 2.57. The summed E-state index contributed by atoms with van der Waals surface area (Å²) in [4.78, 5) is 0. The van der Waals surface area contributed by atoms with Gasteiger partial charge in [-0.1, -0.05) is 17.3 Å². The number of fused-ring (bicyclic) bond motifs is 1. The maximum Gasteiger partial charge on any atom is 0.123 e. The van der Waals surface area contributed by atoms with E-state index in [2.05, 4.69) is 5.16 Å². The maximum atomic E-state index is 12.0. The maximum absolute atomic E-state index is 12.0. The zero-order valence-corrected chi connectivity index (χ0v) is 9.66. The molecule has 4 heteroatoms. The Morgan fingerprint density at radius 3 is 3.00 bits per heavy atom. The monoisotopic (exact) mass is 237 g/mol. The first-order valence-corrected chi connectivity index (χ1v) is 5.88. The standard InChI is InChI=1S/C13H16FNO2/c14-8-3-9-17-13-7-2-4-10-11(13)5-1-6-12(10)15-16/h2,4,7,16H,1,3,5-6,8-9H2/b15-12-. The van der Waals surface area contributed by atoms with Gasteiger partial charge in [0, 0.05) is 17.5 Å². The Kier molecular flexibility index (Phi) is 3.96. The number of alkyl halides is 1. The molecule has 1 aliphatic rings. The summed E-state index contributed by atoms with van der Waals surface area (Å²) >= 11 is 0. The average Bonchev–Trinajstić information content (AvgIpc) is 2.38. The number of oxime groups is 1. The predicted octanol–water partition coefficient (Wildman–Crippen LogP) is 2.94. The van der Waals surface area contributed by atoms with Crippen LogP contribution in [0.5, 0.6) is 5.75 Å². The van der Waals surface area contributed by atoms with Crippen LogP contribution in [-0.4, -0.2) is 24.2 Å². The van der Waals surface area contributed by atoms with E-state index in [-0.39, 0.29) is 6.67 Å². The lowest BCUT2D eigenvalue weighted by Crippen LogP contribution is -2.13. The second-order valence-corrected chi connectivity index (χ2v) is 4.07. The van der Waals surface area contributed by atoms with Crippen LogP contribution in [0, 0.1) is 0 Å². The molecular weight excluding hydrogens is 221 g/mol. The molecule has 92 valence electrons. The van der Waals surface area contributed by atoms with Crippen LogP contribution in [0.25, 0.3) is 0 Å². The highest BCUT2D eigenvalue weighted by atomic mass is 19.1. The highest BCUT2D eigenvalue weighted by molar-refractivity contribution is 6.02. The largest absolute Gasteiger partial charge is 0.493 e. The molecule has 3 nitrogen and oxygen atoms in total. The average molecular weight is 237 g/mol. The summed E-state index contributed by atoms with van der Waals surface area (Å²) in [5.74, 6) is 0.789. The van der Waals surface area contributed by atoms with Gasteiger partial charge in [0.25, 0.3) is 0 Å². The van der Waals surface area contributed by atoms with Gasteiger partial charge in [-0.3, -0.25) is 4.39 Å². The number of rotatable bonds is 4. The third-order valence-corrected chi connectivity index (χ3v) is 2.94. The summed E-state index contributed by atoms with van der Waals surface area (Å²) in [5, 5.41) is 12.3. The van der Waals surface area contributed by atoms with Crippen molar-refractivity contribution in [3.63, 3.8) is 0 Å². The Labute approximate surface area is 99.9 Å². The molecule has 0 spiro atoms. The van der Waals surface area contributed by atoms with Crippen molar-refractivity contribution in [1.29, 1.82) is 0 Å². The fourth-order valence-electron chi connectivity index (χ4n) is 2.14. The van der Waals surface area contributed by atoms with Gasteiger partial charge in [-0.05, 0) is 25.3 Å². The van der Waals surface area contributed by atoms with Crippen LogP contribution in [-0.2, 0) is 6.42 Å². The van der Waals surface area contributed by atoms with Gasteiger partial charge >= 0.3 is 0 Å². The highest BCUT2D eigenvalue weighted by Crippen LogP contribution is 2.29. The highest BCUT2D eigenvalue weighted by Gasteiger charge is 2.19. The molecule has 0 radical (unpaired) electrons. The van der Waals surface area contributed by atoms with E-state index in [0.29, 0.717) is 18.7 Å². The van der Waals surface area contributed by atoms with Gasteiger partial charge < -0.3 is 9.94 Å². The van der Waals surface area contributed by atoms with E-state index in [0.717, 1.165) is 36.1 Å². The predicted molar refractivity (Wildman–Crippen MR) is 63.8 cm³/mol. The Morgan fingerprint density at radius 2 is 2.24 bits per heavy atom. The Morgan fingerprint density at radius 1 is 1.35 bits per heavy atom. The lowest BCUT2D eigenvalue weighted by molar-refractivity contribution is 0.286. The van der Waals surface area contributed by atoms with E-state index in [4.69, 9.17) is 9.94 Å². The van der Waals surface area contributed by atoms with Crippen LogP contribution >= 0.6 is 0 Å². The first kappa shape index (κ1) is 11.9. The first-order chi connectivity index (χ1) is 8.36. The summed E-state index contributed by atoms with van der Waals surface area (Å²) in [6.45, 7) is 0.0247. The molecule has 1 aromatic rings. The molecule has 2 rings (SSSR count). The number of ether oxygens (including phenoxy) is 1. The summed E-state index contributed by atoms with van der Waals surface area (Å²) in [6.07, 6.45) is 3.07. The van der Waals surface area contributed by atoms with Crippen molar-refractivity contribution < 1.29 is 14.3 Å². The SMILES string of the molecule is O/N=C1/CCCc2c(OCCCF)cccc21. The minimum absolute atomic E-state index is 0.363. The fourth-order valence-corrected chi connectivity index (χ4v) is 2.14. The van der Waals surface area contributed by atoms with Gasteiger partial charge in [-0.2, -0.15) is 0 Å². The number of hydrogen-bond acceptors (Lipinski definition) is 3. The molecule has 1 aliphatic carbocycles. The van der Waals surface area contributed by atoms with Crippen molar-refractivity contribution in [3.05, 3.63) is 29.3 Å². The van der Waals surface area contributed by atoms with Gasteiger partial charge in [0.15, 0.2) is 0 Å². The smallest absolute Gasteiger partial charge is 0.123 e. The molecule has 0 aromatic heterocycles. The van der Waals surface area contributed by atoms with Crippen LogP contribution in [0.15, 0.2) is 23.4 Å². The van der Waals surface area contributed by atoms with Crippen molar-refractivity contribution in [1.82, 2.24) is 0 Å². The van der Waals surface area contributed by atoms with Gasteiger partial charge in [-0.25, -0.2) is 0 Å². The van der Waals surface area contributed by atoms with E-state index in [1.165, 1.54) is 0 Å². The summed E-state index contributed by atoms with van der Waals surface area (Å²) < 4.78 is 17.6. The molecule has 1 aromatic carbocycles. The molecule has 0 amide bonds. The Bertz CT molecular complexity index is 418. The van der Waals surface area contributed by atoms with E-state index in [1.807, 2.05) is 18.2 Å². The number of halogens is 1. The number of hydrogen-bond donors (Lipinski definition) is 1. The van der Waals surface area contributed by atoms with Crippen LogP contribution < -0.4 is 4.74 Å². The second kappa shape index (κ2) is 5.66. The normalized spacial score (nSPS) is 16.9. The van der Waals surface area contributed by atoms with Gasteiger partial charge in [0.1, 0.15) is 5.75 Å². The van der Waals surface area contributed by atoms with Gasteiger partial charge in [0.2, 0.25) is 0 Å². The summed E-state index contributed by atoms with van der Waals surface area (Å²) in [5.41, 5.74) is 2.74. The lowest BCUT2D eigenvalue weighted by Gasteiger charge is -2.20. The minimum Gasteiger partial charge on any atom is -0.493 e. The lowest BCUT2D eigenvalue weighted by atomic mass is 9.89. The van der Waals surface area contributed by atoms with Gasteiger partial charge in [0.05, 0.1) is 19.0 Å². The van der Waals surface area contributed by atoms with Crippen molar-refractivity contribution in [2.45, 2.75) is 25.7 Å². The first-order valence-electron chi connectivity index (χ1n) is 5.88. The minimum atomic E-state index is -0.363. The molecule has 0 fully saturated rings. The fraction of sp³-hybridized carbons (Fsp3) is 0.462. The molecule has 0 atom stereocenters. The zero-order valence-electron chi connectivity index (χ0n) is 9.66. The molecule has 0 aliphatic heterocycles. The molecule has 17 heavy (non-hydrogen) atoms. The van der Waals surface area contributed by atoms with E-state index < -0.39 is 0 Å². The topological polar surface area (TPSA) is 41.8 Å². The van der Waals surface area contributed by atoms with E-state index >= 15 is 0 Å². The van der Waals surface area contributed by atoms with Crippen LogP contribution in [0.4, 0.5) is 4.39 Å². The van der Waals surface area contributed by atoms with Crippen molar-refractivity contribution in [2.75, 3.05) is 13.3 Å². The third-order valence-electron chi connectivity index (χ3n) is 2.94. The number of nitrogens with zero attached hydrogens (tertiary/aromatic N) is 1. The van der Waals surface area contributed by atoms with Crippen molar-refractivity contribution in [2.24, 2.45) is 5.16 Å². The van der Waals surface area contributed by atoms with Crippen molar-refractivity contribution >= 4 is 5.71 Å². The molecule has 0 saturated heterocycles. The van der Waals surface area contributed by atoms with Gasteiger partial charge in [-0.15, -0.1) is 0 Å². The van der Waals surface area contributed by atoms with Crippen LogP contribution in [0.3, 0.4) is 0 Å². The van der Waals surface area contributed by atoms with E-state index in [1.54, 1.807) is 0 Å². The molecule has 0 bridgehead atoms. The molecule has 1 N–H and O–H groups in total. The van der Waals surface area contributed by atoms with Crippen LogP contribution in [0.1, 0.15) is 30.4 Å². The Balaban J connectivity index is 2.23.